The fourth-order valence-electron chi connectivity index (χ4n) is 1.43. The number of ether oxygens (including phenoxy) is 1. The van der Waals surface area contributed by atoms with Gasteiger partial charge in [-0.2, -0.15) is 0 Å². The number of hydrogen-bond acceptors (Lipinski definition) is 2. The molecule has 2 nitrogen and oxygen atoms in total. The largest absolute Gasteiger partial charge is 0.494 e. The van der Waals surface area contributed by atoms with Gasteiger partial charge in [0.05, 0.1) is 6.61 Å². The van der Waals surface area contributed by atoms with E-state index in [0.717, 1.165) is 25.2 Å². The second-order valence-electron chi connectivity index (χ2n) is 4.03. The summed E-state index contributed by atoms with van der Waals surface area (Å²) in [7, 11) is 0. The van der Waals surface area contributed by atoms with E-state index in [2.05, 4.69) is 19.1 Å². The summed E-state index contributed by atoms with van der Waals surface area (Å²) < 4.78 is 5.58. The Labute approximate surface area is 92.4 Å². The predicted molar refractivity (Wildman–Crippen MR) is 64.2 cm³/mol. The van der Waals surface area contributed by atoms with Gasteiger partial charge >= 0.3 is 0 Å². The molecule has 0 aliphatic carbocycles. The molecule has 0 amide bonds. The molecule has 0 heterocycles. The lowest BCUT2D eigenvalue weighted by Crippen LogP contribution is -2.17. The van der Waals surface area contributed by atoms with Crippen LogP contribution in [-0.4, -0.2) is 12.6 Å². The summed E-state index contributed by atoms with van der Waals surface area (Å²) in [5, 5.41) is 0. The SMILES string of the molecule is CCCCOc1ccc(C[C@@H](C)N)cc1. The highest BCUT2D eigenvalue weighted by Crippen LogP contribution is 2.13. The van der Waals surface area contributed by atoms with Crippen molar-refractivity contribution in [1.29, 1.82) is 0 Å². The van der Waals surface area contributed by atoms with Gasteiger partial charge in [-0.25, -0.2) is 0 Å². The second-order valence-corrected chi connectivity index (χ2v) is 4.03. The van der Waals surface area contributed by atoms with Crippen LogP contribution in [-0.2, 0) is 6.42 Å². The third kappa shape index (κ3) is 4.84. The first-order valence-electron chi connectivity index (χ1n) is 5.69. The van der Waals surface area contributed by atoms with Crippen molar-refractivity contribution in [1.82, 2.24) is 0 Å². The van der Waals surface area contributed by atoms with Crippen molar-refractivity contribution >= 4 is 0 Å². The highest BCUT2D eigenvalue weighted by molar-refractivity contribution is 5.27. The van der Waals surface area contributed by atoms with E-state index in [4.69, 9.17) is 10.5 Å². The molecule has 0 aliphatic heterocycles. The number of benzene rings is 1. The van der Waals surface area contributed by atoms with Crippen LogP contribution in [0.15, 0.2) is 24.3 Å². The summed E-state index contributed by atoms with van der Waals surface area (Å²) in [5.41, 5.74) is 7.00. The Morgan fingerprint density at radius 1 is 1.27 bits per heavy atom. The molecule has 0 radical (unpaired) electrons. The minimum absolute atomic E-state index is 0.219. The van der Waals surface area contributed by atoms with E-state index in [1.54, 1.807) is 0 Å². The minimum Gasteiger partial charge on any atom is -0.494 e. The molecule has 1 rings (SSSR count). The van der Waals surface area contributed by atoms with Crippen LogP contribution >= 0.6 is 0 Å². The van der Waals surface area contributed by atoms with Gasteiger partial charge in [-0.15, -0.1) is 0 Å². The van der Waals surface area contributed by atoms with Gasteiger partial charge in [0.25, 0.3) is 0 Å². The highest BCUT2D eigenvalue weighted by Gasteiger charge is 1.98. The van der Waals surface area contributed by atoms with Crippen LogP contribution in [0, 0.1) is 0 Å². The Balaban J connectivity index is 2.42. The molecule has 0 bridgehead atoms. The first-order chi connectivity index (χ1) is 7.22. The monoisotopic (exact) mass is 207 g/mol. The van der Waals surface area contributed by atoms with E-state index in [9.17, 15) is 0 Å². The van der Waals surface area contributed by atoms with Gasteiger partial charge < -0.3 is 10.5 Å². The number of hydrogen-bond donors (Lipinski definition) is 1. The van der Waals surface area contributed by atoms with E-state index >= 15 is 0 Å². The summed E-state index contributed by atoms with van der Waals surface area (Å²) in [5.74, 6) is 0.955. The summed E-state index contributed by atoms with van der Waals surface area (Å²) in [6.45, 7) is 4.99. The lowest BCUT2D eigenvalue weighted by atomic mass is 10.1. The van der Waals surface area contributed by atoms with Crippen LogP contribution in [0.25, 0.3) is 0 Å². The molecule has 84 valence electrons. The maximum atomic E-state index is 5.73. The van der Waals surface area contributed by atoms with Crippen molar-refractivity contribution in [3.8, 4) is 5.75 Å². The second kappa shape index (κ2) is 6.46. The minimum atomic E-state index is 0.219. The van der Waals surface area contributed by atoms with E-state index in [-0.39, 0.29) is 6.04 Å². The van der Waals surface area contributed by atoms with Crippen molar-refractivity contribution < 1.29 is 4.74 Å². The average molecular weight is 207 g/mol. The topological polar surface area (TPSA) is 35.2 Å². The fourth-order valence-corrected chi connectivity index (χ4v) is 1.43. The van der Waals surface area contributed by atoms with Crippen molar-refractivity contribution in [2.45, 2.75) is 39.2 Å². The molecule has 1 atom stereocenters. The van der Waals surface area contributed by atoms with Gasteiger partial charge in [-0.05, 0) is 37.5 Å². The van der Waals surface area contributed by atoms with Crippen molar-refractivity contribution in [2.75, 3.05) is 6.61 Å². The molecule has 0 saturated heterocycles. The number of unbranched alkanes of at least 4 members (excludes halogenated alkanes) is 1. The highest BCUT2D eigenvalue weighted by atomic mass is 16.5. The summed E-state index contributed by atoms with van der Waals surface area (Å²) in [6.07, 6.45) is 3.21. The molecule has 1 aromatic rings. The molecule has 2 heteroatoms. The Morgan fingerprint density at radius 2 is 1.93 bits per heavy atom. The molecule has 1 aromatic carbocycles. The summed E-state index contributed by atoms with van der Waals surface area (Å²) >= 11 is 0. The van der Waals surface area contributed by atoms with Crippen LogP contribution in [0.3, 0.4) is 0 Å². The zero-order chi connectivity index (χ0) is 11.1. The zero-order valence-corrected chi connectivity index (χ0v) is 9.70. The van der Waals surface area contributed by atoms with Crippen LogP contribution < -0.4 is 10.5 Å². The first-order valence-corrected chi connectivity index (χ1v) is 5.69. The molecule has 0 aromatic heterocycles. The molecule has 0 unspecified atom stereocenters. The van der Waals surface area contributed by atoms with Crippen LogP contribution in [0.2, 0.25) is 0 Å². The van der Waals surface area contributed by atoms with Gasteiger partial charge in [-0.1, -0.05) is 25.5 Å². The Bertz CT molecular complexity index is 266. The van der Waals surface area contributed by atoms with Gasteiger partial charge in [0.2, 0.25) is 0 Å². The Hall–Kier alpha value is -1.02. The summed E-state index contributed by atoms with van der Waals surface area (Å²) in [6, 6.07) is 8.44. The smallest absolute Gasteiger partial charge is 0.119 e. The van der Waals surface area contributed by atoms with Gasteiger partial charge in [0.1, 0.15) is 5.75 Å². The molecule has 2 N–H and O–H groups in total. The van der Waals surface area contributed by atoms with Crippen molar-refractivity contribution in [3.05, 3.63) is 29.8 Å². The number of nitrogens with two attached hydrogens (primary N) is 1. The zero-order valence-electron chi connectivity index (χ0n) is 9.70. The van der Waals surface area contributed by atoms with Crippen molar-refractivity contribution in [2.24, 2.45) is 5.73 Å². The predicted octanol–water partition coefficient (Wildman–Crippen LogP) is 2.76. The molecular weight excluding hydrogens is 186 g/mol. The van der Waals surface area contributed by atoms with Crippen LogP contribution in [0.4, 0.5) is 0 Å². The van der Waals surface area contributed by atoms with Gasteiger partial charge in [0.15, 0.2) is 0 Å². The first kappa shape index (κ1) is 12.1. The van der Waals surface area contributed by atoms with E-state index in [0.29, 0.717) is 0 Å². The van der Waals surface area contributed by atoms with Crippen molar-refractivity contribution in [3.63, 3.8) is 0 Å². The Kier molecular flexibility index (Phi) is 5.19. The third-order valence-corrected chi connectivity index (χ3v) is 2.25. The normalized spacial score (nSPS) is 12.5. The molecular formula is C13H21NO. The Morgan fingerprint density at radius 3 is 2.47 bits per heavy atom. The summed E-state index contributed by atoms with van der Waals surface area (Å²) in [4.78, 5) is 0. The molecule has 15 heavy (non-hydrogen) atoms. The van der Waals surface area contributed by atoms with Crippen LogP contribution in [0.5, 0.6) is 5.75 Å². The lowest BCUT2D eigenvalue weighted by Gasteiger charge is -2.08. The quantitative estimate of drug-likeness (QED) is 0.728. The maximum Gasteiger partial charge on any atom is 0.119 e. The number of rotatable bonds is 6. The lowest BCUT2D eigenvalue weighted by molar-refractivity contribution is 0.309. The standard InChI is InChI=1S/C13H21NO/c1-3-4-9-15-13-7-5-12(6-8-13)10-11(2)14/h5-8,11H,3-4,9-10,14H2,1-2H3/t11-/m1/s1. The molecule has 0 aliphatic rings. The van der Waals surface area contributed by atoms with E-state index in [1.165, 1.54) is 12.0 Å². The van der Waals surface area contributed by atoms with Crippen LogP contribution in [0.1, 0.15) is 32.3 Å². The van der Waals surface area contributed by atoms with Gasteiger partial charge in [-0.3, -0.25) is 0 Å². The average Bonchev–Trinajstić information content (AvgIpc) is 2.20. The van der Waals surface area contributed by atoms with Gasteiger partial charge in [0, 0.05) is 6.04 Å². The third-order valence-electron chi connectivity index (χ3n) is 2.25. The molecule has 0 fully saturated rings. The van der Waals surface area contributed by atoms with E-state index in [1.807, 2.05) is 19.1 Å². The fraction of sp³-hybridized carbons (Fsp3) is 0.538. The van der Waals surface area contributed by atoms with E-state index < -0.39 is 0 Å². The molecule has 0 spiro atoms. The molecule has 0 saturated carbocycles. The maximum absolute atomic E-state index is 5.73.